The fourth-order valence-electron chi connectivity index (χ4n) is 1.60. The lowest BCUT2D eigenvalue weighted by Crippen LogP contribution is -1.94. The van der Waals surface area contributed by atoms with Gasteiger partial charge in [0.05, 0.1) is 5.69 Å². The van der Waals surface area contributed by atoms with Gasteiger partial charge >= 0.3 is 0 Å². The Bertz CT molecular complexity index is 254. The topological polar surface area (TPSA) is 46.3 Å². The van der Waals surface area contributed by atoms with E-state index in [1.54, 1.807) is 0 Å². The molecule has 0 aromatic carbocycles. The van der Waals surface area contributed by atoms with Crippen LogP contribution in [0.1, 0.15) is 50.5 Å². The Labute approximate surface area is 85.1 Å². The molecular formula is C11H19NO2. The van der Waals surface area contributed by atoms with E-state index in [0.29, 0.717) is 5.92 Å². The summed E-state index contributed by atoms with van der Waals surface area (Å²) in [6.07, 6.45) is 3.73. The first-order chi connectivity index (χ1) is 6.81. The molecule has 0 fully saturated rings. The van der Waals surface area contributed by atoms with Crippen LogP contribution in [0.5, 0.6) is 0 Å². The van der Waals surface area contributed by atoms with Crippen LogP contribution in [0.25, 0.3) is 0 Å². The van der Waals surface area contributed by atoms with Crippen molar-refractivity contribution in [2.24, 2.45) is 0 Å². The van der Waals surface area contributed by atoms with Crippen LogP contribution in [0.15, 0.2) is 10.6 Å². The molecule has 0 unspecified atom stereocenters. The van der Waals surface area contributed by atoms with Gasteiger partial charge in [-0.3, -0.25) is 0 Å². The van der Waals surface area contributed by atoms with Crippen LogP contribution < -0.4 is 0 Å². The first kappa shape index (κ1) is 11.2. The predicted octanol–water partition coefficient (Wildman–Crippen LogP) is 2.50. The van der Waals surface area contributed by atoms with Gasteiger partial charge in [0.2, 0.25) is 0 Å². The summed E-state index contributed by atoms with van der Waals surface area (Å²) in [4.78, 5) is 0. The Morgan fingerprint density at radius 2 is 2.14 bits per heavy atom. The van der Waals surface area contributed by atoms with Gasteiger partial charge in [-0.05, 0) is 19.3 Å². The van der Waals surface area contributed by atoms with Crippen LogP contribution in [0.2, 0.25) is 0 Å². The van der Waals surface area contributed by atoms with E-state index in [2.05, 4.69) is 19.0 Å². The summed E-state index contributed by atoms with van der Waals surface area (Å²) in [5, 5.41) is 12.7. The molecule has 1 heterocycles. The van der Waals surface area contributed by atoms with Gasteiger partial charge in [-0.1, -0.05) is 19.0 Å². The quantitative estimate of drug-likeness (QED) is 0.762. The first-order valence-corrected chi connectivity index (χ1v) is 5.38. The van der Waals surface area contributed by atoms with Crippen molar-refractivity contribution in [3.8, 4) is 0 Å². The van der Waals surface area contributed by atoms with Crippen LogP contribution in [0.3, 0.4) is 0 Å². The second kappa shape index (κ2) is 5.81. The summed E-state index contributed by atoms with van der Waals surface area (Å²) in [6, 6.07) is 2.02. The molecule has 0 saturated heterocycles. The normalized spacial score (nSPS) is 11.1. The molecule has 0 aliphatic heterocycles. The number of aliphatic hydroxyl groups excluding tert-OH is 1. The average Bonchev–Trinajstić information content (AvgIpc) is 2.65. The fraction of sp³-hybridized carbons (Fsp3) is 0.727. The number of aromatic nitrogens is 1. The smallest absolute Gasteiger partial charge is 0.137 e. The zero-order valence-corrected chi connectivity index (χ0v) is 8.99. The second-order valence-electron chi connectivity index (χ2n) is 3.56. The number of aryl methyl sites for hydroxylation is 1. The maximum absolute atomic E-state index is 8.67. The van der Waals surface area contributed by atoms with Gasteiger partial charge in [0.15, 0.2) is 0 Å². The summed E-state index contributed by atoms with van der Waals surface area (Å²) >= 11 is 0. The lowest BCUT2D eigenvalue weighted by Gasteiger charge is -2.05. The molecule has 1 N–H and O–H groups in total. The molecule has 0 aliphatic carbocycles. The van der Waals surface area contributed by atoms with Crippen LogP contribution in [-0.4, -0.2) is 16.9 Å². The Morgan fingerprint density at radius 1 is 1.43 bits per heavy atom. The van der Waals surface area contributed by atoms with E-state index in [9.17, 15) is 0 Å². The van der Waals surface area contributed by atoms with Crippen molar-refractivity contribution in [2.75, 3.05) is 6.61 Å². The number of hydrogen-bond donors (Lipinski definition) is 1. The third kappa shape index (κ3) is 2.84. The summed E-state index contributed by atoms with van der Waals surface area (Å²) in [7, 11) is 0. The average molecular weight is 197 g/mol. The minimum atomic E-state index is 0.209. The Balaban J connectivity index is 2.57. The van der Waals surface area contributed by atoms with Crippen LogP contribution in [-0.2, 0) is 6.42 Å². The van der Waals surface area contributed by atoms with E-state index >= 15 is 0 Å². The Morgan fingerprint density at radius 3 is 2.71 bits per heavy atom. The summed E-state index contributed by atoms with van der Waals surface area (Å²) in [5.41, 5.74) is 1.06. The lowest BCUT2D eigenvalue weighted by atomic mass is 9.99. The van der Waals surface area contributed by atoms with Gasteiger partial charge in [0, 0.05) is 25.0 Å². The number of hydrogen-bond acceptors (Lipinski definition) is 3. The summed E-state index contributed by atoms with van der Waals surface area (Å²) < 4.78 is 5.19. The van der Waals surface area contributed by atoms with Crippen molar-refractivity contribution < 1.29 is 9.63 Å². The largest absolute Gasteiger partial charge is 0.396 e. The molecule has 0 spiro atoms. The van der Waals surface area contributed by atoms with Crippen molar-refractivity contribution in [3.05, 3.63) is 17.5 Å². The molecule has 1 aromatic rings. The second-order valence-corrected chi connectivity index (χ2v) is 3.56. The third-order valence-electron chi connectivity index (χ3n) is 2.56. The van der Waals surface area contributed by atoms with E-state index in [-0.39, 0.29) is 6.61 Å². The van der Waals surface area contributed by atoms with E-state index in [4.69, 9.17) is 9.63 Å². The predicted molar refractivity (Wildman–Crippen MR) is 55.2 cm³/mol. The minimum Gasteiger partial charge on any atom is -0.396 e. The highest BCUT2D eigenvalue weighted by Crippen LogP contribution is 2.22. The zero-order chi connectivity index (χ0) is 10.4. The van der Waals surface area contributed by atoms with Gasteiger partial charge < -0.3 is 9.63 Å². The summed E-state index contributed by atoms with van der Waals surface area (Å²) in [6.45, 7) is 4.54. The maximum Gasteiger partial charge on any atom is 0.137 e. The fourth-order valence-corrected chi connectivity index (χ4v) is 1.60. The third-order valence-corrected chi connectivity index (χ3v) is 2.56. The molecule has 0 saturated carbocycles. The standard InChI is InChI=1S/C11H19NO2/c1-3-9(4-2)11-8-10(14-12-11)6-5-7-13/h8-9,13H,3-7H2,1-2H3. The van der Waals surface area contributed by atoms with E-state index in [1.165, 1.54) is 0 Å². The monoisotopic (exact) mass is 197 g/mol. The molecule has 3 heteroatoms. The highest BCUT2D eigenvalue weighted by molar-refractivity contribution is 5.10. The summed E-state index contributed by atoms with van der Waals surface area (Å²) in [5.74, 6) is 1.41. The van der Waals surface area contributed by atoms with Gasteiger partial charge in [-0.15, -0.1) is 0 Å². The number of rotatable bonds is 6. The van der Waals surface area contributed by atoms with Crippen LogP contribution in [0, 0.1) is 0 Å². The van der Waals surface area contributed by atoms with Crippen LogP contribution in [0.4, 0.5) is 0 Å². The Kier molecular flexibility index (Phi) is 4.66. The molecule has 0 atom stereocenters. The molecule has 0 amide bonds. The highest BCUT2D eigenvalue weighted by Gasteiger charge is 2.12. The van der Waals surface area contributed by atoms with E-state index < -0.39 is 0 Å². The Hall–Kier alpha value is -0.830. The molecule has 0 aliphatic rings. The molecular weight excluding hydrogens is 178 g/mol. The number of aliphatic hydroxyl groups is 1. The first-order valence-electron chi connectivity index (χ1n) is 5.38. The van der Waals surface area contributed by atoms with Crippen LogP contribution >= 0.6 is 0 Å². The maximum atomic E-state index is 8.67. The van der Waals surface area contributed by atoms with Crippen molar-refractivity contribution in [1.82, 2.24) is 5.16 Å². The molecule has 1 rings (SSSR count). The number of nitrogens with zero attached hydrogens (tertiary/aromatic N) is 1. The van der Waals surface area contributed by atoms with Crippen molar-refractivity contribution in [1.29, 1.82) is 0 Å². The van der Waals surface area contributed by atoms with Crippen molar-refractivity contribution in [3.63, 3.8) is 0 Å². The van der Waals surface area contributed by atoms with Gasteiger partial charge in [0.1, 0.15) is 5.76 Å². The van der Waals surface area contributed by atoms with E-state index in [1.807, 2.05) is 6.07 Å². The van der Waals surface area contributed by atoms with Crippen molar-refractivity contribution in [2.45, 2.75) is 45.4 Å². The molecule has 0 bridgehead atoms. The van der Waals surface area contributed by atoms with Crippen molar-refractivity contribution >= 4 is 0 Å². The molecule has 0 radical (unpaired) electrons. The molecule has 1 aromatic heterocycles. The van der Waals surface area contributed by atoms with Gasteiger partial charge in [-0.2, -0.15) is 0 Å². The minimum absolute atomic E-state index is 0.209. The highest BCUT2D eigenvalue weighted by atomic mass is 16.5. The SMILES string of the molecule is CCC(CC)c1cc(CCCO)on1. The van der Waals surface area contributed by atoms with Gasteiger partial charge in [-0.25, -0.2) is 0 Å². The van der Waals surface area contributed by atoms with Gasteiger partial charge in [0.25, 0.3) is 0 Å². The molecule has 14 heavy (non-hydrogen) atoms. The zero-order valence-electron chi connectivity index (χ0n) is 8.99. The molecule has 3 nitrogen and oxygen atoms in total. The molecule has 80 valence electrons. The van der Waals surface area contributed by atoms with E-state index in [0.717, 1.165) is 37.1 Å². The lowest BCUT2D eigenvalue weighted by molar-refractivity contribution is 0.279.